The molecule has 5 rings (SSSR count). The molecule has 9 nitrogen and oxygen atoms in total. The molecule has 1 N–H and O–H groups in total. The van der Waals surface area contributed by atoms with Crippen molar-refractivity contribution < 1.29 is 14.3 Å². The van der Waals surface area contributed by atoms with Crippen LogP contribution in [0.3, 0.4) is 0 Å². The minimum Gasteiger partial charge on any atom is -0.497 e. The Morgan fingerprint density at radius 3 is 2.82 bits per heavy atom. The fourth-order valence-corrected chi connectivity index (χ4v) is 4.00. The molecule has 1 aliphatic rings. The number of hydrogen-bond donors (Lipinski definition) is 1. The van der Waals surface area contributed by atoms with Crippen LogP contribution < -0.4 is 10.1 Å². The van der Waals surface area contributed by atoms with Gasteiger partial charge in [-0.05, 0) is 36.4 Å². The first-order valence-corrected chi connectivity index (χ1v) is 10.7. The van der Waals surface area contributed by atoms with E-state index in [1.807, 2.05) is 59.0 Å². The quantitative estimate of drug-likeness (QED) is 0.505. The molecule has 1 unspecified atom stereocenters. The van der Waals surface area contributed by atoms with Crippen molar-refractivity contribution >= 4 is 28.6 Å². The molecular weight excluding hydrogens is 420 g/mol. The van der Waals surface area contributed by atoms with Gasteiger partial charge in [-0.3, -0.25) is 4.79 Å². The van der Waals surface area contributed by atoms with E-state index >= 15 is 0 Å². The molecule has 3 aromatic heterocycles. The minimum atomic E-state index is -0.323. The maximum absolute atomic E-state index is 13.4. The maximum atomic E-state index is 13.4. The molecule has 1 saturated heterocycles. The highest BCUT2D eigenvalue weighted by Gasteiger charge is 2.28. The first-order chi connectivity index (χ1) is 16.1. The van der Waals surface area contributed by atoms with Crippen LogP contribution in [0.25, 0.3) is 10.9 Å². The van der Waals surface area contributed by atoms with Gasteiger partial charge in [0.25, 0.3) is 5.91 Å². The number of fused-ring (bicyclic) bond motifs is 1. The van der Waals surface area contributed by atoms with E-state index < -0.39 is 0 Å². The fraction of sp³-hybridized carbons (Fsp3) is 0.250. The van der Waals surface area contributed by atoms with E-state index in [0.717, 1.165) is 22.3 Å². The van der Waals surface area contributed by atoms with Crippen LogP contribution >= 0.6 is 0 Å². The molecule has 4 aromatic rings. The van der Waals surface area contributed by atoms with Gasteiger partial charge in [0.05, 0.1) is 31.5 Å². The van der Waals surface area contributed by atoms with Crippen molar-refractivity contribution in [1.82, 2.24) is 24.4 Å². The lowest BCUT2D eigenvalue weighted by atomic mass is 10.1. The number of methoxy groups -OCH3 is 1. The molecule has 9 heteroatoms. The summed E-state index contributed by atoms with van der Waals surface area (Å²) in [6, 6.07) is 15.1. The van der Waals surface area contributed by atoms with Crippen LogP contribution in [0.4, 0.5) is 11.8 Å². The maximum Gasteiger partial charge on any atom is 0.270 e. The van der Waals surface area contributed by atoms with Crippen LogP contribution in [-0.4, -0.2) is 57.1 Å². The van der Waals surface area contributed by atoms with Crippen LogP contribution in [0.15, 0.2) is 60.9 Å². The van der Waals surface area contributed by atoms with E-state index in [9.17, 15) is 4.79 Å². The molecule has 1 amide bonds. The van der Waals surface area contributed by atoms with Crippen molar-refractivity contribution in [3.05, 3.63) is 72.3 Å². The second-order valence-corrected chi connectivity index (χ2v) is 7.77. The number of carbonyl (C=O) groups is 1. The predicted octanol–water partition coefficient (Wildman–Crippen LogP) is 3.33. The summed E-state index contributed by atoms with van der Waals surface area (Å²) in [4.78, 5) is 28.2. The third kappa shape index (κ3) is 4.22. The van der Waals surface area contributed by atoms with E-state index in [1.54, 1.807) is 25.6 Å². The van der Waals surface area contributed by atoms with Gasteiger partial charge < -0.3 is 24.3 Å². The number of amides is 1. The van der Waals surface area contributed by atoms with Gasteiger partial charge in [0, 0.05) is 37.4 Å². The first-order valence-electron chi connectivity index (χ1n) is 10.7. The summed E-state index contributed by atoms with van der Waals surface area (Å²) in [7, 11) is 3.53. The van der Waals surface area contributed by atoms with Crippen molar-refractivity contribution in [2.75, 3.05) is 32.1 Å². The number of anilines is 2. The van der Waals surface area contributed by atoms with Crippen molar-refractivity contribution in [2.45, 2.75) is 6.10 Å². The van der Waals surface area contributed by atoms with E-state index in [0.29, 0.717) is 37.2 Å². The van der Waals surface area contributed by atoms with Crippen molar-refractivity contribution in [3.63, 3.8) is 0 Å². The zero-order valence-corrected chi connectivity index (χ0v) is 18.4. The highest BCUT2D eigenvalue weighted by atomic mass is 16.5. The van der Waals surface area contributed by atoms with Gasteiger partial charge >= 0.3 is 0 Å². The van der Waals surface area contributed by atoms with Crippen LogP contribution in [0.1, 0.15) is 22.3 Å². The number of carbonyl (C=O) groups excluding carboxylic acids is 1. The Morgan fingerprint density at radius 1 is 1.15 bits per heavy atom. The van der Waals surface area contributed by atoms with Gasteiger partial charge in [0.2, 0.25) is 5.95 Å². The number of benzene rings is 1. The van der Waals surface area contributed by atoms with E-state index in [2.05, 4.69) is 20.3 Å². The van der Waals surface area contributed by atoms with Crippen LogP contribution in [-0.2, 0) is 11.8 Å². The predicted molar refractivity (Wildman–Crippen MR) is 124 cm³/mol. The van der Waals surface area contributed by atoms with Gasteiger partial charge in [-0.25, -0.2) is 15.0 Å². The van der Waals surface area contributed by atoms with E-state index in [-0.39, 0.29) is 12.0 Å². The van der Waals surface area contributed by atoms with Gasteiger partial charge in [-0.2, -0.15) is 0 Å². The molecule has 0 spiro atoms. The third-order valence-corrected chi connectivity index (χ3v) is 5.73. The number of nitrogens with one attached hydrogen (secondary N) is 1. The molecule has 0 bridgehead atoms. The number of rotatable bonds is 5. The summed E-state index contributed by atoms with van der Waals surface area (Å²) >= 11 is 0. The zero-order valence-electron chi connectivity index (χ0n) is 18.4. The Morgan fingerprint density at radius 2 is 2.00 bits per heavy atom. The Labute approximate surface area is 191 Å². The Kier molecular flexibility index (Phi) is 5.62. The Hall–Kier alpha value is -3.98. The molecule has 0 saturated carbocycles. The molecule has 1 aliphatic heterocycles. The number of aryl methyl sites for hydroxylation is 1. The van der Waals surface area contributed by atoms with Crippen LogP contribution in [0.2, 0.25) is 0 Å². The molecule has 33 heavy (non-hydrogen) atoms. The lowest BCUT2D eigenvalue weighted by Gasteiger charge is -2.32. The summed E-state index contributed by atoms with van der Waals surface area (Å²) in [5.74, 6) is 1.81. The monoisotopic (exact) mass is 444 g/mol. The molecule has 168 valence electrons. The molecule has 1 aromatic carbocycles. The third-order valence-electron chi connectivity index (χ3n) is 5.73. The minimum absolute atomic E-state index is 0.0343. The highest BCUT2D eigenvalue weighted by molar-refractivity contribution is 5.99. The van der Waals surface area contributed by atoms with Crippen LogP contribution in [0, 0.1) is 0 Å². The average Bonchev–Trinajstić information content (AvgIpc) is 3.20. The molecule has 0 aliphatic carbocycles. The second kappa shape index (κ2) is 8.87. The van der Waals surface area contributed by atoms with Gasteiger partial charge in [0.1, 0.15) is 23.4 Å². The molecule has 0 radical (unpaired) electrons. The number of morpholine rings is 1. The van der Waals surface area contributed by atoms with Gasteiger partial charge in [0.15, 0.2) is 0 Å². The molecule has 1 fully saturated rings. The van der Waals surface area contributed by atoms with Crippen molar-refractivity contribution in [2.24, 2.45) is 7.05 Å². The average molecular weight is 444 g/mol. The summed E-state index contributed by atoms with van der Waals surface area (Å²) < 4.78 is 13.2. The molecule has 4 heterocycles. The lowest BCUT2D eigenvalue weighted by Crippen LogP contribution is -2.43. The summed E-state index contributed by atoms with van der Waals surface area (Å²) in [5.41, 5.74) is 2.32. The zero-order chi connectivity index (χ0) is 22.8. The summed E-state index contributed by atoms with van der Waals surface area (Å²) in [5, 5.41) is 4.09. The van der Waals surface area contributed by atoms with Crippen molar-refractivity contribution in [1.29, 1.82) is 0 Å². The van der Waals surface area contributed by atoms with E-state index in [4.69, 9.17) is 9.47 Å². The largest absolute Gasteiger partial charge is 0.497 e. The van der Waals surface area contributed by atoms with Crippen LogP contribution in [0.5, 0.6) is 5.75 Å². The summed E-state index contributed by atoms with van der Waals surface area (Å²) in [6.07, 6.45) is 3.00. The molecular formula is C24H24N6O3. The second-order valence-electron chi connectivity index (χ2n) is 7.77. The lowest BCUT2D eigenvalue weighted by molar-refractivity contribution is -0.0249. The smallest absolute Gasteiger partial charge is 0.270 e. The standard InChI is InChI=1S/C24H24N6O3/c1-29-19-14-17(32-2)8-7-16(19)13-20(29)23(31)30-11-12-33-21(15-30)18-5-3-6-22(27-18)28-24-25-9-4-10-26-24/h3-10,13-14,21H,11-12,15H2,1-2H3,(H,25,26,27,28). The van der Waals surface area contributed by atoms with Crippen molar-refractivity contribution in [3.8, 4) is 5.75 Å². The van der Waals surface area contributed by atoms with Gasteiger partial charge in [-0.1, -0.05) is 6.07 Å². The SMILES string of the molecule is COc1ccc2cc(C(=O)N3CCOC(c4cccc(Nc5ncccn5)n4)C3)n(C)c2c1. The number of ether oxygens (including phenoxy) is 2. The normalized spacial score (nSPS) is 16.1. The summed E-state index contributed by atoms with van der Waals surface area (Å²) in [6.45, 7) is 1.38. The highest BCUT2D eigenvalue weighted by Crippen LogP contribution is 2.27. The number of hydrogen-bond acceptors (Lipinski definition) is 7. The van der Waals surface area contributed by atoms with Gasteiger partial charge in [-0.15, -0.1) is 0 Å². The topological polar surface area (TPSA) is 94.4 Å². The Bertz CT molecular complexity index is 1290. The molecule has 1 atom stereocenters. The fourth-order valence-electron chi connectivity index (χ4n) is 4.00. The number of nitrogens with zero attached hydrogens (tertiary/aromatic N) is 5. The Balaban J connectivity index is 1.35. The van der Waals surface area contributed by atoms with E-state index in [1.165, 1.54) is 0 Å². The number of aromatic nitrogens is 4. The first kappa shape index (κ1) is 20.9. The number of pyridine rings is 1.